The van der Waals surface area contributed by atoms with Crippen LogP contribution in [0.25, 0.3) is 11.3 Å². The molecular weight excluding hydrogens is 322 g/mol. The minimum Gasteiger partial charge on any atom is -0.376 e. The first-order chi connectivity index (χ1) is 12.9. The van der Waals surface area contributed by atoms with E-state index in [-0.39, 0.29) is 6.10 Å². The molecule has 1 unspecified atom stereocenters. The molecule has 1 fully saturated rings. The largest absolute Gasteiger partial charge is 0.376 e. The van der Waals surface area contributed by atoms with E-state index in [1.54, 1.807) is 0 Å². The van der Waals surface area contributed by atoms with Gasteiger partial charge in [0, 0.05) is 23.3 Å². The number of hydrogen-bond donors (Lipinski definition) is 0. The van der Waals surface area contributed by atoms with Crippen LogP contribution in [0, 0.1) is 11.8 Å². The van der Waals surface area contributed by atoms with Gasteiger partial charge < -0.3 is 4.74 Å². The van der Waals surface area contributed by atoms with Gasteiger partial charge in [0.15, 0.2) is 0 Å². The molecule has 4 nitrogen and oxygen atoms in total. The Balaban J connectivity index is 1.43. The summed E-state index contributed by atoms with van der Waals surface area (Å²) in [6.07, 6.45) is 5.75. The molecule has 2 heterocycles. The Bertz CT molecular complexity index is 898. The average Bonchev–Trinajstić information content (AvgIpc) is 3.17. The molecule has 0 radical (unpaired) electrons. The zero-order valence-corrected chi connectivity index (χ0v) is 14.6. The van der Waals surface area contributed by atoms with Crippen LogP contribution in [0.1, 0.15) is 30.4 Å². The Morgan fingerprint density at radius 3 is 2.46 bits per heavy atom. The number of nitrogens with zero attached hydrogens (tertiary/aromatic N) is 3. The molecule has 130 valence electrons. The van der Waals surface area contributed by atoms with Crippen molar-refractivity contribution >= 4 is 0 Å². The van der Waals surface area contributed by atoms with Gasteiger partial charge in [0.2, 0.25) is 0 Å². The third-order valence-electron chi connectivity index (χ3n) is 4.51. The topological polar surface area (TPSA) is 39.9 Å². The summed E-state index contributed by atoms with van der Waals surface area (Å²) in [5, 5.41) is 8.54. The normalized spacial score (nSPS) is 16.7. The summed E-state index contributed by atoms with van der Waals surface area (Å²) in [6, 6.07) is 18.1. The highest BCUT2D eigenvalue weighted by Crippen LogP contribution is 2.18. The summed E-state index contributed by atoms with van der Waals surface area (Å²) in [6.45, 7) is 1.63. The van der Waals surface area contributed by atoms with Gasteiger partial charge in [-0.25, -0.2) is 4.68 Å². The lowest BCUT2D eigenvalue weighted by molar-refractivity contribution is 0.00370. The summed E-state index contributed by atoms with van der Waals surface area (Å²) in [5.41, 5.74) is 3.93. The third kappa shape index (κ3) is 4.19. The summed E-state index contributed by atoms with van der Waals surface area (Å²) >= 11 is 0. The zero-order chi connectivity index (χ0) is 17.6. The number of benzene rings is 2. The fourth-order valence-electron chi connectivity index (χ4n) is 3.07. The van der Waals surface area contributed by atoms with Crippen molar-refractivity contribution < 1.29 is 4.74 Å². The van der Waals surface area contributed by atoms with Gasteiger partial charge >= 0.3 is 0 Å². The zero-order valence-electron chi connectivity index (χ0n) is 14.6. The van der Waals surface area contributed by atoms with Crippen LogP contribution in [0.3, 0.4) is 0 Å². The van der Waals surface area contributed by atoms with Crippen molar-refractivity contribution in [3.63, 3.8) is 0 Å². The number of hydrogen-bond acceptors (Lipinski definition) is 3. The van der Waals surface area contributed by atoms with Gasteiger partial charge in [-0.15, -0.1) is 5.10 Å². The van der Waals surface area contributed by atoms with Crippen molar-refractivity contribution in [1.29, 1.82) is 0 Å². The molecule has 0 amide bonds. The van der Waals surface area contributed by atoms with Crippen molar-refractivity contribution in [2.24, 2.45) is 0 Å². The van der Waals surface area contributed by atoms with Crippen molar-refractivity contribution in [3.8, 4) is 23.1 Å². The molecular formula is C22H21N3O. The summed E-state index contributed by atoms with van der Waals surface area (Å²) in [5.74, 6) is 6.36. The molecule has 0 spiro atoms. The molecule has 1 atom stereocenters. The predicted molar refractivity (Wildman–Crippen MR) is 101 cm³/mol. The Kier molecular flexibility index (Phi) is 5.09. The number of ether oxygens (including phenoxy) is 1. The molecule has 3 aromatic rings. The number of aromatic nitrogens is 3. The average molecular weight is 343 g/mol. The third-order valence-corrected chi connectivity index (χ3v) is 4.51. The second kappa shape index (κ2) is 7.99. The Labute approximate surface area is 153 Å². The first-order valence-corrected chi connectivity index (χ1v) is 9.06. The van der Waals surface area contributed by atoms with Gasteiger partial charge in [-0.3, -0.25) is 0 Å². The summed E-state index contributed by atoms with van der Waals surface area (Å²) < 4.78 is 7.66. The molecule has 0 aliphatic carbocycles. The standard InChI is InChI=1S/C22H21N3O/c1-2-6-18(7-3-1)9-10-19-11-13-20(14-12-19)22-17-25(24-23-22)16-21-8-4-5-15-26-21/h1-3,6-7,11-14,17,21H,4-5,8,15-16H2. The molecule has 0 N–H and O–H groups in total. The van der Waals surface area contributed by atoms with Gasteiger partial charge in [0.1, 0.15) is 5.69 Å². The lowest BCUT2D eigenvalue weighted by Crippen LogP contribution is -2.24. The Morgan fingerprint density at radius 1 is 0.962 bits per heavy atom. The van der Waals surface area contributed by atoms with E-state index < -0.39 is 0 Å². The predicted octanol–water partition coefficient (Wildman–Crippen LogP) is 3.91. The van der Waals surface area contributed by atoms with Gasteiger partial charge in [-0.05, 0) is 43.5 Å². The van der Waals surface area contributed by atoms with Crippen LogP contribution in [0.5, 0.6) is 0 Å². The SMILES string of the molecule is C(#Cc1ccc(-c2cn(CC3CCCCO3)nn2)cc1)c1ccccc1. The highest BCUT2D eigenvalue weighted by Gasteiger charge is 2.15. The second-order valence-electron chi connectivity index (χ2n) is 6.51. The van der Waals surface area contributed by atoms with Crippen molar-refractivity contribution in [2.75, 3.05) is 6.61 Å². The first kappa shape index (κ1) is 16.6. The Morgan fingerprint density at radius 2 is 1.73 bits per heavy atom. The maximum Gasteiger partial charge on any atom is 0.113 e. The van der Waals surface area contributed by atoms with E-state index in [4.69, 9.17) is 4.74 Å². The summed E-state index contributed by atoms with van der Waals surface area (Å²) in [7, 11) is 0. The monoisotopic (exact) mass is 343 g/mol. The quantitative estimate of drug-likeness (QED) is 0.677. The van der Waals surface area contributed by atoms with E-state index in [0.29, 0.717) is 0 Å². The fourth-order valence-corrected chi connectivity index (χ4v) is 3.07. The second-order valence-corrected chi connectivity index (χ2v) is 6.51. The van der Waals surface area contributed by atoms with E-state index in [0.717, 1.165) is 42.0 Å². The van der Waals surface area contributed by atoms with Crippen LogP contribution in [-0.2, 0) is 11.3 Å². The van der Waals surface area contributed by atoms with Crippen LogP contribution < -0.4 is 0 Å². The maximum atomic E-state index is 5.77. The fraction of sp³-hybridized carbons (Fsp3) is 0.273. The van der Waals surface area contributed by atoms with E-state index in [1.165, 1.54) is 12.8 Å². The van der Waals surface area contributed by atoms with Gasteiger partial charge in [0.05, 0.1) is 18.8 Å². The van der Waals surface area contributed by atoms with E-state index in [9.17, 15) is 0 Å². The minimum absolute atomic E-state index is 0.258. The maximum absolute atomic E-state index is 5.77. The van der Waals surface area contributed by atoms with Crippen LogP contribution in [0.15, 0.2) is 60.8 Å². The molecule has 0 bridgehead atoms. The Hall–Kier alpha value is -2.90. The molecule has 1 aromatic heterocycles. The van der Waals surface area contributed by atoms with Crippen LogP contribution in [0.4, 0.5) is 0 Å². The van der Waals surface area contributed by atoms with Crippen molar-refractivity contribution in [3.05, 3.63) is 71.9 Å². The van der Waals surface area contributed by atoms with Gasteiger partial charge in [-0.2, -0.15) is 0 Å². The van der Waals surface area contributed by atoms with E-state index in [1.807, 2.05) is 65.5 Å². The molecule has 1 aliphatic rings. The molecule has 4 rings (SSSR count). The minimum atomic E-state index is 0.258. The summed E-state index contributed by atoms with van der Waals surface area (Å²) in [4.78, 5) is 0. The molecule has 0 saturated carbocycles. The van der Waals surface area contributed by atoms with Crippen molar-refractivity contribution in [2.45, 2.75) is 31.9 Å². The number of rotatable bonds is 3. The first-order valence-electron chi connectivity index (χ1n) is 9.06. The van der Waals surface area contributed by atoms with Gasteiger partial charge in [-0.1, -0.05) is 47.4 Å². The highest BCUT2D eigenvalue weighted by atomic mass is 16.5. The molecule has 1 saturated heterocycles. The van der Waals surface area contributed by atoms with Crippen LogP contribution in [-0.4, -0.2) is 27.7 Å². The van der Waals surface area contributed by atoms with Crippen LogP contribution in [0.2, 0.25) is 0 Å². The van der Waals surface area contributed by atoms with E-state index in [2.05, 4.69) is 22.2 Å². The molecule has 26 heavy (non-hydrogen) atoms. The lowest BCUT2D eigenvalue weighted by atomic mass is 10.1. The highest BCUT2D eigenvalue weighted by molar-refractivity contribution is 5.59. The smallest absolute Gasteiger partial charge is 0.113 e. The van der Waals surface area contributed by atoms with E-state index >= 15 is 0 Å². The van der Waals surface area contributed by atoms with Gasteiger partial charge in [0.25, 0.3) is 0 Å². The molecule has 1 aliphatic heterocycles. The van der Waals surface area contributed by atoms with Crippen molar-refractivity contribution in [1.82, 2.24) is 15.0 Å². The molecule has 2 aromatic carbocycles. The van der Waals surface area contributed by atoms with Crippen LogP contribution >= 0.6 is 0 Å². The lowest BCUT2D eigenvalue weighted by Gasteiger charge is -2.21. The molecule has 4 heteroatoms.